The summed E-state index contributed by atoms with van der Waals surface area (Å²) in [5.41, 5.74) is 0.723. The van der Waals surface area contributed by atoms with E-state index in [2.05, 4.69) is 41.9 Å². The van der Waals surface area contributed by atoms with Gasteiger partial charge in [0.1, 0.15) is 6.54 Å². The fourth-order valence-corrected chi connectivity index (χ4v) is 4.88. The van der Waals surface area contributed by atoms with Crippen LogP contribution in [0, 0.1) is 11.8 Å². The van der Waals surface area contributed by atoms with Gasteiger partial charge in [-0.1, -0.05) is 31.9 Å². The van der Waals surface area contributed by atoms with Gasteiger partial charge in [0.05, 0.1) is 24.5 Å². The first kappa shape index (κ1) is 23.4. The fraction of sp³-hybridized carbons (Fsp3) is 0.450. The first-order valence-corrected chi connectivity index (χ1v) is 11.3. The summed E-state index contributed by atoms with van der Waals surface area (Å²) in [6, 6.07) is 5.96. The van der Waals surface area contributed by atoms with E-state index < -0.39 is 42.8 Å². The number of fused-ring (bicyclic) bond motifs is 1. The normalized spacial score (nSPS) is 25.1. The number of carbonyl (C=O) groups excluding carboxylic acids is 5. The number of nitrogens with one attached hydrogen (secondary N) is 1. The molecule has 31 heavy (non-hydrogen) atoms. The van der Waals surface area contributed by atoms with Crippen molar-refractivity contribution in [2.24, 2.45) is 11.8 Å². The number of rotatable bonds is 6. The summed E-state index contributed by atoms with van der Waals surface area (Å²) in [4.78, 5) is 61.7. The number of likely N-dealkylation sites (tertiary alicyclic amines) is 1. The summed E-state index contributed by atoms with van der Waals surface area (Å²) in [6.07, 6.45) is 1.02. The van der Waals surface area contributed by atoms with Gasteiger partial charge in [-0.05, 0) is 37.1 Å². The van der Waals surface area contributed by atoms with Gasteiger partial charge in [0.2, 0.25) is 11.8 Å². The molecule has 1 saturated carbocycles. The van der Waals surface area contributed by atoms with Crippen molar-refractivity contribution in [1.29, 1.82) is 0 Å². The van der Waals surface area contributed by atoms with E-state index >= 15 is 0 Å². The Morgan fingerprint density at radius 2 is 1.58 bits per heavy atom. The standard InChI is InChI=1S/C20H20Br2N2O7/c1-30-20(29)10-2-4-11(5-3-10)23-16(25)9-31-17(26)8-24-18(27)12-6-14(21)15(22)7-13(12)19(24)28/h2-5,12-15H,6-9H2,1H3,(H,23,25)/t12-,13-,14+,15+/m1/s1. The number of anilines is 1. The number of alkyl halides is 2. The van der Waals surface area contributed by atoms with Crippen molar-refractivity contribution in [2.75, 3.05) is 25.6 Å². The van der Waals surface area contributed by atoms with Crippen LogP contribution in [-0.2, 0) is 28.7 Å². The molecule has 3 rings (SSSR count). The van der Waals surface area contributed by atoms with E-state index in [4.69, 9.17) is 4.74 Å². The zero-order chi connectivity index (χ0) is 22.7. The van der Waals surface area contributed by atoms with E-state index in [9.17, 15) is 24.0 Å². The summed E-state index contributed by atoms with van der Waals surface area (Å²) in [7, 11) is 1.26. The average Bonchev–Trinajstić information content (AvgIpc) is 2.97. The second kappa shape index (κ2) is 9.90. The fourth-order valence-electron chi connectivity index (χ4n) is 3.64. The largest absolute Gasteiger partial charge is 0.465 e. The van der Waals surface area contributed by atoms with Crippen molar-refractivity contribution in [3.8, 4) is 0 Å². The van der Waals surface area contributed by atoms with Gasteiger partial charge in [-0.25, -0.2) is 4.79 Å². The van der Waals surface area contributed by atoms with Crippen LogP contribution in [-0.4, -0.2) is 64.5 Å². The molecule has 1 heterocycles. The second-order valence-corrected chi connectivity index (χ2v) is 9.61. The number of carbonyl (C=O) groups is 5. The highest BCUT2D eigenvalue weighted by Crippen LogP contribution is 2.43. The molecule has 0 spiro atoms. The summed E-state index contributed by atoms with van der Waals surface area (Å²) in [6.45, 7) is -1.10. The highest BCUT2D eigenvalue weighted by atomic mass is 79.9. The number of imide groups is 1. The van der Waals surface area contributed by atoms with Crippen LogP contribution in [0.1, 0.15) is 23.2 Å². The van der Waals surface area contributed by atoms with E-state index in [0.717, 1.165) is 4.90 Å². The summed E-state index contributed by atoms with van der Waals surface area (Å²) in [5.74, 6) is -3.61. The Kier molecular flexibility index (Phi) is 7.47. The molecule has 1 aliphatic heterocycles. The molecule has 4 atom stereocenters. The number of hydrogen-bond acceptors (Lipinski definition) is 7. The lowest BCUT2D eigenvalue weighted by atomic mass is 9.81. The molecule has 0 radical (unpaired) electrons. The molecule has 1 saturated heterocycles. The summed E-state index contributed by atoms with van der Waals surface area (Å²) >= 11 is 7.01. The van der Waals surface area contributed by atoms with E-state index in [1.54, 1.807) is 0 Å². The van der Waals surface area contributed by atoms with Crippen LogP contribution in [0.25, 0.3) is 0 Å². The van der Waals surface area contributed by atoms with Crippen molar-refractivity contribution in [1.82, 2.24) is 4.90 Å². The number of ether oxygens (including phenoxy) is 2. The number of hydrogen-bond donors (Lipinski definition) is 1. The predicted molar refractivity (Wildman–Crippen MR) is 116 cm³/mol. The molecule has 0 bridgehead atoms. The van der Waals surface area contributed by atoms with Crippen molar-refractivity contribution in [3.05, 3.63) is 29.8 Å². The quantitative estimate of drug-likeness (QED) is 0.321. The Labute approximate surface area is 195 Å². The first-order chi connectivity index (χ1) is 14.7. The molecule has 1 aliphatic carbocycles. The molecule has 1 aromatic carbocycles. The predicted octanol–water partition coefficient (Wildman–Crippen LogP) is 1.88. The lowest BCUT2D eigenvalue weighted by Gasteiger charge is -2.29. The Morgan fingerprint density at radius 3 is 2.10 bits per heavy atom. The molecular weight excluding hydrogens is 540 g/mol. The molecule has 11 heteroatoms. The Morgan fingerprint density at radius 1 is 1.03 bits per heavy atom. The zero-order valence-electron chi connectivity index (χ0n) is 16.5. The third-order valence-corrected chi connectivity index (χ3v) is 7.98. The maximum absolute atomic E-state index is 12.6. The van der Waals surface area contributed by atoms with E-state index in [-0.39, 0.29) is 21.5 Å². The van der Waals surface area contributed by atoms with Crippen molar-refractivity contribution in [3.63, 3.8) is 0 Å². The number of esters is 2. The Hall–Kier alpha value is -2.27. The van der Waals surface area contributed by atoms with Gasteiger partial charge in [-0.15, -0.1) is 0 Å². The Balaban J connectivity index is 1.48. The summed E-state index contributed by atoms with van der Waals surface area (Å²) < 4.78 is 9.51. The maximum Gasteiger partial charge on any atom is 0.337 e. The average molecular weight is 560 g/mol. The zero-order valence-corrected chi connectivity index (χ0v) is 19.7. The van der Waals surface area contributed by atoms with Gasteiger partial charge in [-0.3, -0.25) is 24.1 Å². The Bertz CT molecular complexity index is 877. The first-order valence-electron chi connectivity index (χ1n) is 9.48. The number of benzene rings is 1. The van der Waals surface area contributed by atoms with Gasteiger partial charge in [0.15, 0.2) is 6.61 Å². The maximum atomic E-state index is 12.6. The minimum Gasteiger partial charge on any atom is -0.465 e. The third kappa shape index (κ3) is 5.32. The molecule has 0 unspecified atom stereocenters. The molecule has 3 amide bonds. The van der Waals surface area contributed by atoms with Gasteiger partial charge < -0.3 is 14.8 Å². The van der Waals surface area contributed by atoms with Crippen LogP contribution in [0.15, 0.2) is 24.3 Å². The minimum absolute atomic E-state index is 0.0720. The molecule has 1 N–H and O–H groups in total. The number of amides is 3. The van der Waals surface area contributed by atoms with Gasteiger partial charge in [0, 0.05) is 15.3 Å². The van der Waals surface area contributed by atoms with E-state index in [1.165, 1.54) is 31.4 Å². The van der Waals surface area contributed by atoms with E-state index in [0.29, 0.717) is 24.1 Å². The monoisotopic (exact) mass is 558 g/mol. The van der Waals surface area contributed by atoms with E-state index in [1.807, 2.05) is 0 Å². The molecular formula is C20H20Br2N2O7. The molecule has 9 nitrogen and oxygen atoms in total. The number of methoxy groups -OCH3 is 1. The van der Waals surface area contributed by atoms with Crippen LogP contribution in [0.2, 0.25) is 0 Å². The molecule has 2 aliphatic rings. The number of nitrogens with zero attached hydrogens (tertiary/aromatic N) is 1. The van der Waals surface area contributed by atoms with Gasteiger partial charge >= 0.3 is 11.9 Å². The van der Waals surface area contributed by atoms with Crippen molar-refractivity contribution >= 4 is 67.2 Å². The summed E-state index contributed by atoms with van der Waals surface area (Å²) in [5, 5.41) is 2.52. The smallest absolute Gasteiger partial charge is 0.337 e. The third-order valence-electron chi connectivity index (χ3n) is 5.24. The molecule has 166 valence electrons. The molecule has 0 aromatic heterocycles. The van der Waals surface area contributed by atoms with Crippen LogP contribution >= 0.6 is 31.9 Å². The minimum atomic E-state index is -0.845. The highest BCUT2D eigenvalue weighted by Gasteiger charge is 2.52. The highest BCUT2D eigenvalue weighted by molar-refractivity contribution is 9.12. The van der Waals surface area contributed by atoms with Crippen molar-refractivity contribution < 1.29 is 33.4 Å². The second-order valence-electron chi connectivity index (χ2n) is 7.26. The van der Waals surface area contributed by atoms with Crippen LogP contribution in [0.4, 0.5) is 5.69 Å². The van der Waals surface area contributed by atoms with Crippen LogP contribution in [0.3, 0.4) is 0 Å². The topological polar surface area (TPSA) is 119 Å². The van der Waals surface area contributed by atoms with Crippen LogP contribution < -0.4 is 5.32 Å². The van der Waals surface area contributed by atoms with Gasteiger partial charge in [0.25, 0.3) is 5.91 Å². The SMILES string of the molecule is COC(=O)c1ccc(NC(=O)COC(=O)CN2C(=O)[C@@H]3C[C@H](Br)[C@@H](Br)C[C@H]3C2=O)cc1. The lowest BCUT2D eigenvalue weighted by molar-refractivity contribution is -0.154. The van der Waals surface area contributed by atoms with Gasteiger partial charge in [-0.2, -0.15) is 0 Å². The molecule has 2 fully saturated rings. The molecule has 1 aromatic rings. The number of halogens is 2. The lowest BCUT2D eigenvalue weighted by Crippen LogP contribution is -2.37. The van der Waals surface area contributed by atoms with Crippen molar-refractivity contribution in [2.45, 2.75) is 22.5 Å². The van der Waals surface area contributed by atoms with Crippen LogP contribution in [0.5, 0.6) is 0 Å².